The Balaban J connectivity index is 3.82. The Morgan fingerprint density at radius 1 is 0.667 bits per heavy atom. The molecule has 0 heterocycles. The van der Waals surface area contributed by atoms with E-state index in [1.165, 1.54) is 0 Å². The van der Waals surface area contributed by atoms with Crippen molar-refractivity contribution in [3.05, 3.63) is 0 Å². The lowest BCUT2D eigenvalue weighted by atomic mass is 15.6. The van der Waals surface area contributed by atoms with Gasteiger partial charge in [-0.15, -0.1) is 0 Å². The molecule has 0 N–H and O–H groups in total. The zero-order valence-electron chi connectivity index (χ0n) is 4.44. The van der Waals surface area contributed by atoms with E-state index in [0.29, 0.717) is 0 Å². The highest BCUT2D eigenvalue weighted by atomic mass is 28.4. The van der Waals surface area contributed by atoms with Gasteiger partial charge in [0, 0.05) is 0 Å². The summed E-state index contributed by atoms with van der Waals surface area (Å²) in [5.74, 6) is 0. The molecular formula is Al4O4Si. The van der Waals surface area contributed by atoms with Crippen molar-refractivity contribution < 1.29 is 13.9 Å². The minimum absolute atomic E-state index is 2.01. The minimum atomic E-state index is -2.84. The molecule has 9 heteroatoms. The van der Waals surface area contributed by atoms with E-state index in [0.717, 1.165) is 0 Å². The van der Waals surface area contributed by atoms with E-state index < -0.39 is 9.05 Å². The van der Waals surface area contributed by atoms with Crippen LogP contribution in [0.15, 0.2) is 0 Å². The summed E-state index contributed by atoms with van der Waals surface area (Å²) in [7, 11) is -2.84. The maximum Gasteiger partial charge on any atom is 0.556 e. The van der Waals surface area contributed by atoms with Crippen LogP contribution >= 0.6 is 0 Å². The molecule has 0 aliphatic rings. The SMILES string of the molecule is [Al][O][Si]([O][Al])([O][Al])[O][Al]. The molecule has 4 nitrogen and oxygen atoms in total. The van der Waals surface area contributed by atoms with Crippen molar-refractivity contribution in [1.29, 1.82) is 0 Å². The minimum Gasteiger partial charge on any atom is -0.500 e. The van der Waals surface area contributed by atoms with Gasteiger partial charge in [-0.05, 0) is 0 Å². The zero-order valence-corrected chi connectivity index (χ0v) is 10.1. The number of rotatable bonds is 4. The van der Waals surface area contributed by atoms with E-state index in [1.807, 2.05) is 66.5 Å². The van der Waals surface area contributed by atoms with E-state index in [9.17, 15) is 0 Å². The average molecular weight is 200 g/mol. The van der Waals surface area contributed by atoms with Gasteiger partial charge in [0.15, 0.2) is 0 Å². The molecule has 0 aliphatic carbocycles. The Bertz CT molecular complexity index is 55.5. The highest BCUT2D eigenvalue weighted by Gasteiger charge is 2.31. The summed E-state index contributed by atoms with van der Waals surface area (Å²) in [5.41, 5.74) is 0. The molecule has 9 heavy (non-hydrogen) atoms. The topological polar surface area (TPSA) is 36.9 Å². The third-order valence-corrected chi connectivity index (χ3v) is 5.20. The maximum absolute atomic E-state index is 4.71. The Labute approximate surface area is 88.7 Å². The quantitative estimate of drug-likeness (QED) is 0.483. The summed E-state index contributed by atoms with van der Waals surface area (Å²) in [4.78, 5) is 0. The normalized spacial score (nSPS) is 11.6. The first kappa shape index (κ1) is 11.2. The van der Waals surface area contributed by atoms with Gasteiger partial charge >= 0.3 is 75.5 Å². The van der Waals surface area contributed by atoms with Crippen molar-refractivity contribution in [2.24, 2.45) is 0 Å². The predicted molar refractivity (Wildman–Crippen MR) is 33.1 cm³/mol. The van der Waals surface area contributed by atoms with E-state index in [1.54, 1.807) is 0 Å². The molecule has 0 aromatic carbocycles. The van der Waals surface area contributed by atoms with Gasteiger partial charge in [0.1, 0.15) is 0 Å². The molecule has 0 amide bonds. The monoisotopic (exact) mass is 200 g/mol. The van der Waals surface area contributed by atoms with Crippen LogP contribution in [-0.2, 0) is 13.9 Å². The van der Waals surface area contributed by atoms with E-state index in [-0.39, 0.29) is 0 Å². The predicted octanol–water partition coefficient (Wildman–Crippen LogP) is -2.18. The maximum atomic E-state index is 4.71. The van der Waals surface area contributed by atoms with Gasteiger partial charge in [0.2, 0.25) is 0 Å². The highest BCUT2D eigenvalue weighted by Crippen LogP contribution is 2.02. The first-order valence-corrected chi connectivity index (χ1v) is 5.28. The molecule has 0 aliphatic heterocycles. The van der Waals surface area contributed by atoms with Gasteiger partial charge in [-0.3, -0.25) is 0 Å². The standard InChI is InChI=1S/4Al.O4Si/c;;;;1-5(2,3)4/q4*+1;-4. The molecular weight excluding hydrogens is 200 g/mol. The second-order valence-corrected chi connectivity index (χ2v) is 5.74. The molecule has 0 saturated heterocycles. The molecule has 8 radical (unpaired) electrons. The molecule has 0 unspecified atom stereocenters. The van der Waals surface area contributed by atoms with Crippen molar-refractivity contribution >= 4 is 75.5 Å². The third kappa shape index (κ3) is 3.39. The van der Waals surface area contributed by atoms with Crippen LogP contribution in [0.4, 0.5) is 0 Å². The molecule has 0 spiro atoms. The second kappa shape index (κ2) is 5.79. The summed E-state index contributed by atoms with van der Waals surface area (Å²) < 4.78 is 18.8. The number of hydrogen-bond acceptors (Lipinski definition) is 4. The van der Waals surface area contributed by atoms with Crippen molar-refractivity contribution in [2.45, 2.75) is 0 Å². The van der Waals surface area contributed by atoms with Crippen LogP contribution in [0, 0.1) is 0 Å². The van der Waals surface area contributed by atoms with E-state index >= 15 is 0 Å². The fourth-order valence-corrected chi connectivity index (χ4v) is 4.50. The Morgan fingerprint density at radius 3 is 0.889 bits per heavy atom. The summed E-state index contributed by atoms with van der Waals surface area (Å²) in [6.07, 6.45) is 0. The first-order valence-electron chi connectivity index (χ1n) is 1.76. The van der Waals surface area contributed by atoms with Crippen molar-refractivity contribution in [3.63, 3.8) is 0 Å². The Kier molecular flexibility index (Phi) is 7.20. The molecule has 0 aromatic heterocycles. The molecule has 0 saturated carbocycles. The Morgan fingerprint density at radius 2 is 0.889 bits per heavy atom. The third-order valence-electron chi connectivity index (χ3n) is 0.577. The summed E-state index contributed by atoms with van der Waals surface area (Å²) in [6, 6.07) is 0. The highest BCUT2D eigenvalue weighted by molar-refractivity contribution is 6.66. The van der Waals surface area contributed by atoms with Crippen molar-refractivity contribution in [3.8, 4) is 0 Å². The number of hydrogen-bond donors (Lipinski definition) is 0. The van der Waals surface area contributed by atoms with Gasteiger partial charge in [-0.2, -0.15) is 0 Å². The van der Waals surface area contributed by atoms with Crippen LogP contribution in [0.25, 0.3) is 0 Å². The summed E-state index contributed by atoms with van der Waals surface area (Å²) in [6.45, 7) is 0. The van der Waals surface area contributed by atoms with Gasteiger partial charge < -0.3 is 13.9 Å². The Hall–Kier alpha value is 2.19. The first-order chi connectivity index (χ1) is 4.24. The summed E-state index contributed by atoms with van der Waals surface area (Å²) in [5, 5.41) is 0. The molecule has 0 fully saturated rings. The summed E-state index contributed by atoms with van der Waals surface area (Å²) >= 11 is 8.02. The second-order valence-electron chi connectivity index (χ2n) is 0.971. The lowest BCUT2D eigenvalue weighted by molar-refractivity contribution is 0.189. The largest absolute Gasteiger partial charge is 0.556 e. The van der Waals surface area contributed by atoms with Crippen molar-refractivity contribution in [1.82, 2.24) is 0 Å². The van der Waals surface area contributed by atoms with Gasteiger partial charge in [0.05, 0.1) is 0 Å². The van der Waals surface area contributed by atoms with Gasteiger partial charge in [-0.1, -0.05) is 0 Å². The van der Waals surface area contributed by atoms with Gasteiger partial charge in [0.25, 0.3) is 0 Å². The smallest absolute Gasteiger partial charge is 0.500 e. The molecule has 40 valence electrons. The van der Waals surface area contributed by atoms with Crippen LogP contribution in [0.1, 0.15) is 0 Å². The fourth-order valence-electron chi connectivity index (χ4n) is 0.167. The van der Waals surface area contributed by atoms with Crippen molar-refractivity contribution in [2.75, 3.05) is 0 Å². The van der Waals surface area contributed by atoms with Crippen LogP contribution in [0.2, 0.25) is 0 Å². The average Bonchev–Trinajstić information content (AvgIpc) is 1.95. The van der Waals surface area contributed by atoms with Crippen LogP contribution in [-0.4, -0.2) is 75.5 Å². The molecule has 0 bridgehead atoms. The molecule has 0 aromatic rings. The van der Waals surface area contributed by atoms with Gasteiger partial charge in [-0.25, -0.2) is 0 Å². The van der Waals surface area contributed by atoms with E-state index in [4.69, 9.17) is 13.9 Å². The van der Waals surface area contributed by atoms with Crippen LogP contribution in [0.3, 0.4) is 0 Å². The van der Waals surface area contributed by atoms with E-state index in [2.05, 4.69) is 0 Å². The fraction of sp³-hybridized carbons (Fsp3) is 0. The molecule has 0 rings (SSSR count). The zero-order chi connectivity index (χ0) is 7.33. The lowest BCUT2D eigenvalue weighted by Crippen LogP contribution is -2.46. The lowest BCUT2D eigenvalue weighted by Gasteiger charge is -2.28. The van der Waals surface area contributed by atoms with Crippen LogP contribution in [0.5, 0.6) is 0 Å². The van der Waals surface area contributed by atoms with Crippen LogP contribution < -0.4 is 0 Å². The molecule has 0 atom stereocenters.